The Morgan fingerprint density at radius 2 is 2.12 bits per heavy atom. The predicted molar refractivity (Wildman–Crippen MR) is 68.3 cm³/mol. The fourth-order valence-corrected chi connectivity index (χ4v) is 2.07. The van der Waals surface area contributed by atoms with Crippen molar-refractivity contribution in [3.8, 4) is 0 Å². The minimum Gasteiger partial charge on any atom is -0.394 e. The summed E-state index contributed by atoms with van der Waals surface area (Å²) >= 11 is 3.23. The monoisotopic (exact) mass is 296 g/mol. The number of nitrogens with two attached hydrogens (primary N) is 1. The summed E-state index contributed by atoms with van der Waals surface area (Å²) in [6, 6.07) is 6.05. The van der Waals surface area contributed by atoms with Crippen LogP contribution in [0.5, 0.6) is 0 Å². The highest BCUT2D eigenvalue weighted by Crippen LogP contribution is 2.15. The van der Waals surface area contributed by atoms with Crippen LogP contribution in [0.3, 0.4) is 0 Å². The van der Waals surface area contributed by atoms with E-state index in [4.69, 9.17) is 5.73 Å². The first-order valence-corrected chi connectivity index (χ1v) is 5.74. The number of nitrogens with zero attached hydrogens (tertiary/aromatic N) is 1. The van der Waals surface area contributed by atoms with Crippen LogP contribution < -0.4 is 11.2 Å². The van der Waals surface area contributed by atoms with Gasteiger partial charge in [-0.15, -0.1) is 0 Å². The smallest absolute Gasteiger partial charge is 0.204 e. The molecule has 88 valence electrons. The number of pyridine rings is 1. The number of hydrogen-bond donors (Lipinski definition) is 1. The first-order valence-electron chi connectivity index (χ1n) is 4.95. The number of hydrogen-bond acceptors (Lipinski definition) is 2. The highest BCUT2D eigenvalue weighted by Gasteiger charge is 2.01. The molecular weight excluding hydrogens is 287 g/mol. The summed E-state index contributed by atoms with van der Waals surface area (Å²) in [6.07, 6.45) is 3.17. The predicted octanol–water partition coefficient (Wildman–Crippen LogP) is 2.38. The molecule has 2 aromatic rings. The molecule has 0 fully saturated rings. The molecule has 2 N–H and O–H groups in total. The molecule has 0 aliphatic carbocycles. The lowest BCUT2D eigenvalue weighted by Crippen LogP contribution is -2.11. The van der Waals surface area contributed by atoms with E-state index in [0.29, 0.717) is 11.0 Å². The Bertz CT molecular complexity index is 589. The zero-order chi connectivity index (χ0) is 12.4. The second-order valence-electron chi connectivity index (χ2n) is 3.71. The van der Waals surface area contributed by atoms with Crippen molar-refractivity contribution in [1.82, 2.24) is 4.57 Å². The van der Waals surface area contributed by atoms with Crippen LogP contribution >= 0.6 is 15.9 Å². The molecule has 0 unspecified atom stereocenters. The summed E-state index contributed by atoms with van der Waals surface area (Å²) in [4.78, 5) is 11.1. The minimum atomic E-state index is -0.302. The largest absolute Gasteiger partial charge is 0.394 e. The molecule has 0 saturated carbocycles. The van der Waals surface area contributed by atoms with Crippen molar-refractivity contribution < 1.29 is 4.39 Å². The molecule has 0 saturated heterocycles. The maximum atomic E-state index is 13.2. The summed E-state index contributed by atoms with van der Waals surface area (Å²) < 4.78 is 15.6. The van der Waals surface area contributed by atoms with Gasteiger partial charge in [-0.1, -0.05) is 15.9 Å². The molecule has 1 aromatic heterocycles. The molecule has 0 bridgehead atoms. The number of nitrogen functional groups attached to an aromatic ring is 1. The van der Waals surface area contributed by atoms with E-state index in [2.05, 4.69) is 15.9 Å². The van der Waals surface area contributed by atoms with Gasteiger partial charge in [-0.05, 0) is 23.8 Å². The average Bonchev–Trinajstić information content (AvgIpc) is 2.22. The molecule has 1 aromatic carbocycles. The first kappa shape index (κ1) is 11.9. The van der Waals surface area contributed by atoms with Crippen molar-refractivity contribution in [3.05, 3.63) is 62.7 Å². The second kappa shape index (κ2) is 4.71. The van der Waals surface area contributed by atoms with E-state index in [1.165, 1.54) is 18.2 Å². The van der Waals surface area contributed by atoms with Crippen molar-refractivity contribution in [2.24, 2.45) is 0 Å². The minimum absolute atomic E-state index is 0.183. The topological polar surface area (TPSA) is 48.0 Å². The van der Waals surface area contributed by atoms with E-state index in [-0.39, 0.29) is 16.9 Å². The summed E-state index contributed by atoms with van der Waals surface area (Å²) in [5.41, 5.74) is 6.29. The molecule has 0 radical (unpaired) electrons. The summed E-state index contributed by atoms with van der Waals surface area (Å²) in [7, 11) is 0. The summed E-state index contributed by atoms with van der Waals surface area (Å²) in [5.74, 6) is -0.302. The average molecular weight is 297 g/mol. The molecule has 0 aliphatic heterocycles. The molecule has 17 heavy (non-hydrogen) atoms. The van der Waals surface area contributed by atoms with Gasteiger partial charge in [-0.2, -0.15) is 0 Å². The first-order chi connectivity index (χ1) is 8.04. The highest BCUT2D eigenvalue weighted by atomic mass is 79.9. The Kier molecular flexibility index (Phi) is 3.28. The van der Waals surface area contributed by atoms with Crippen LogP contribution in [0.15, 0.2) is 45.9 Å². The van der Waals surface area contributed by atoms with Crippen molar-refractivity contribution in [1.29, 1.82) is 0 Å². The Balaban J connectivity index is 2.31. The van der Waals surface area contributed by atoms with Gasteiger partial charge in [-0.3, -0.25) is 4.79 Å². The van der Waals surface area contributed by atoms with Crippen LogP contribution in [-0.4, -0.2) is 4.57 Å². The Labute approximate surface area is 106 Å². The van der Waals surface area contributed by atoms with Crippen molar-refractivity contribution in [3.63, 3.8) is 0 Å². The molecule has 3 nitrogen and oxygen atoms in total. The molecule has 2 rings (SSSR count). The Morgan fingerprint density at radius 1 is 1.35 bits per heavy atom. The van der Waals surface area contributed by atoms with Crippen molar-refractivity contribution in [2.45, 2.75) is 6.54 Å². The van der Waals surface area contributed by atoms with Crippen molar-refractivity contribution >= 4 is 21.6 Å². The van der Waals surface area contributed by atoms with E-state index < -0.39 is 0 Å². The number of anilines is 1. The zero-order valence-corrected chi connectivity index (χ0v) is 10.4. The fraction of sp³-hybridized carbons (Fsp3) is 0.0833. The lowest BCUT2D eigenvalue weighted by atomic mass is 10.2. The van der Waals surface area contributed by atoms with Crippen LogP contribution in [0.4, 0.5) is 10.1 Å². The molecule has 5 heteroatoms. The summed E-state index contributed by atoms with van der Waals surface area (Å²) in [6.45, 7) is 0.459. The van der Waals surface area contributed by atoms with E-state index in [0.717, 1.165) is 5.56 Å². The maximum absolute atomic E-state index is 13.2. The van der Waals surface area contributed by atoms with E-state index in [1.54, 1.807) is 17.0 Å². The lowest BCUT2D eigenvalue weighted by Gasteiger charge is -2.07. The normalized spacial score (nSPS) is 10.5. The molecule has 0 aliphatic rings. The van der Waals surface area contributed by atoms with E-state index in [9.17, 15) is 9.18 Å². The van der Waals surface area contributed by atoms with Gasteiger partial charge in [0.25, 0.3) is 0 Å². The molecule has 0 spiro atoms. The number of benzene rings is 1. The molecule has 0 amide bonds. The quantitative estimate of drug-likeness (QED) is 0.925. The Hall–Kier alpha value is -1.62. The fourth-order valence-electron chi connectivity index (χ4n) is 1.56. The highest BCUT2D eigenvalue weighted by molar-refractivity contribution is 9.10. The van der Waals surface area contributed by atoms with Gasteiger partial charge in [0, 0.05) is 29.5 Å². The van der Waals surface area contributed by atoms with Crippen molar-refractivity contribution in [2.75, 3.05) is 5.73 Å². The SMILES string of the molecule is Nc1cn(Cc2cc(F)cc(Br)c2)ccc1=O. The number of aromatic nitrogens is 1. The Morgan fingerprint density at radius 3 is 2.76 bits per heavy atom. The van der Waals surface area contributed by atoms with Gasteiger partial charge in [-0.25, -0.2) is 4.39 Å². The van der Waals surface area contributed by atoms with Gasteiger partial charge in [0.1, 0.15) is 5.82 Å². The number of halogens is 2. The van der Waals surface area contributed by atoms with E-state index >= 15 is 0 Å². The molecule has 0 atom stereocenters. The zero-order valence-electron chi connectivity index (χ0n) is 8.86. The van der Waals surface area contributed by atoms with Crippen LogP contribution in [0.25, 0.3) is 0 Å². The van der Waals surface area contributed by atoms with Gasteiger partial charge in [0.2, 0.25) is 5.43 Å². The van der Waals surface area contributed by atoms with Crippen LogP contribution in [0, 0.1) is 5.82 Å². The lowest BCUT2D eigenvalue weighted by molar-refractivity contribution is 0.622. The third-order valence-corrected chi connectivity index (χ3v) is 2.75. The van der Waals surface area contributed by atoms with Crippen LogP contribution in [0.1, 0.15) is 5.56 Å². The third-order valence-electron chi connectivity index (χ3n) is 2.29. The van der Waals surface area contributed by atoms with E-state index in [1.807, 2.05) is 6.07 Å². The summed E-state index contributed by atoms with van der Waals surface area (Å²) in [5, 5.41) is 0. The molecule has 1 heterocycles. The molecular formula is C12H10BrFN2O. The maximum Gasteiger partial charge on any atom is 0.204 e. The second-order valence-corrected chi connectivity index (χ2v) is 4.63. The standard InChI is InChI=1S/C12H10BrFN2O/c13-9-3-8(4-10(14)5-9)6-16-2-1-12(17)11(15)7-16/h1-5,7H,6,15H2. The van der Waals surface area contributed by atoms with Crippen LogP contribution in [0.2, 0.25) is 0 Å². The van der Waals surface area contributed by atoms with Gasteiger partial charge < -0.3 is 10.3 Å². The van der Waals surface area contributed by atoms with Gasteiger partial charge >= 0.3 is 0 Å². The van der Waals surface area contributed by atoms with Gasteiger partial charge in [0.15, 0.2) is 0 Å². The number of rotatable bonds is 2. The van der Waals surface area contributed by atoms with Crippen LogP contribution in [-0.2, 0) is 6.54 Å². The third kappa shape index (κ3) is 2.94. The van der Waals surface area contributed by atoms with Gasteiger partial charge in [0.05, 0.1) is 5.69 Å².